The van der Waals surface area contributed by atoms with Crippen LogP contribution < -0.4 is 16.1 Å². The zero-order valence-electron chi connectivity index (χ0n) is 18.4. The van der Waals surface area contributed by atoms with Crippen molar-refractivity contribution in [1.29, 1.82) is 0 Å². The van der Waals surface area contributed by atoms with Crippen molar-refractivity contribution in [2.24, 2.45) is 11.7 Å². The number of para-hydroxylation sites is 1. The van der Waals surface area contributed by atoms with Crippen LogP contribution in [0.5, 0.6) is 5.75 Å². The second-order valence-corrected chi connectivity index (χ2v) is 8.62. The number of hydrogen-bond acceptors (Lipinski definition) is 3. The van der Waals surface area contributed by atoms with Gasteiger partial charge in [0.1, 0.15) is 11.6 Å². The number of nitrogens with zero attached hydrogens (tertiary/aromatic N) is 1. The van der Waals surface area contributed by atoms with Crippen molar-refractivity contribution in [1.82, 2.24) is 5.48 Å². The van der Waals surface area contributed by atoms with Crippen LogP contribution in [0.15, 0.2) is 103 Å². The molecule has 1 saturated heterocycles. The van der Waals surface area contributed by atoms with Crippen molar-refractivity contribution in [2.45, 2.75) is 11.8 Å². The molecule has 5 heteroatoms. The summed E-state index contributed by atoms with van der Waals surface area (Å²) in [5.74, 6) is 0.511. The summed E-state index contributed by atoms with van der Waals surface area (Å²) in [4.78, 5) is 18.8. The van der Waals surface area contributed by atoms with E-state index in [-0.39, 0.29) is 11.8 Å². The molecule has 1 heterocycles. The molecule has 0 bridgehead atoms. The third kappa shape index (κ3) is 4.25. The van der Waals surface area contributed by atoms with Gasteiger partial charge in [0.15, 0.2) is 5.75 Å². The molecule has 2 atom stereocenters. The summed E-state index contributed by atoms with van der Waals surface area (Å²) in [6.45, 7) is 1.69. The van der Waals surface area contributed by atoms with Crippen molar-refractivity contribution < 1.29 is 14.1 Å². The van der Waals surface area contributed by atoms with Gasteiger partial charge in [0.25, 0.3) is 0 Å². The fourth-order valence-electron chi connectivity index (χ4n) is 4.95. The largest absolute Gasteiger partial charge is 0.383 e. The monoisotopic (exact) mass is 428 g/mol. The Balaban J connectivity index is 1.59. The fourth-order valence-corrected chi connectivity index (χ4v) is 4.95. The molecule has 32 heavy (non-hydrogen) atoms. The van der Waals surface area contributed by atoms with Gasteiger partial charge in [-0.15, -0.1) is 0 Å². The maximum atomic E-state index is 13.2. The van der Waals surface area contributed by atoms with Gasteiger partial charge in [0, 0.05) is 12.3 Å². The zero-order valence-corrected chi connectivity index (χ0v) is 18.4. The standard InChI is InChI=1S/C27H29N3O2/c1-30(20-18-29-32-25-15-9-4-10-16-25)19-17-24(21-30)27(26(28)31,22-11-5-2-6-12-22)23-13-7-3-8-14-23/h2-16,18,20,24,29H,17,19,21H2,1H3,(H-,28,31)/p+1/t24?,30-/m1/s1. The Morgan fingerprint density at radius 2 is 1.50 bits per heavy atom. The smallest absolute Gasteiger partial charge is 0.233 e. The molecule has 1 aliphatic rings. The van der Waals surface area contributed by atoms with E-state index in [9.17, 15) is 4.79 Å². The Labute approximate surface area is 189 Å². The first-order chi connectivity index (χ1) is 15.5. The van der Waals surface area contributed by atoms with E-state index in [4.69, 9.17) is 10.6 Å². The van der Waals surface area contributed by atoms with Crippen molar-refractivity contribution in [3.8, 4) is 5.75 Å². The van der Waals surface area contributed by atoms with Crippen LogP contribution in [0.4, 0.5) is 0 Å². The van der Waals surface area contributed by atoms with Gasteiger partial charge in [-0.25, -0.2) is 5.48 Å². The third-order valence-electron chi connectivity index (χ3n) is 6.51. The van der Waals surface area contributed by atoms with Gasteiger partial charge in [-0.3, -0.25) is 9.28 Å². The molecule has 5 nitrogen and oxygen atoms in total. The van der Waals surface area contributed by atoms with Gasteiger partial charge in [-0.2, -0.15) is 0 Å². The van der Waals surface area contributed by atoms with E-state index in [1.807, 2.05) is 97.2 Å². The van der Waals surface area contributed by atoms with Crippen molar-refractivity contribution in [2.75, 3.05) is 20.1 Å². The third-order valence-corrected chi connectivity index (χ3v) is 6.51. The second kappa shape index (κ2) is 9.28. The number of primary amides is 1. The normalized spacial score (nSPS) is 20.8. The number of hydrogen-bond donors (Lipinski definition) is 2. The minimum atomic E-state index is -0.875. The second-order valence-electron chi connectivity index (χ2n) is 8.62. The summed E-state index contributed by atoms with van der Waals surface area (Å²) in [6.07, 6.45) is 4.80. The minimum Gasteiger partial charge on any atom is -0.383 e. The number of hydroxylamine groups is 1. The van der Waals surface area contributed by atoms with Gasteiger partial charge >= 0.3 is 0 Å². The van der Waals surface area contributed by atoms with E-state index in [0.717, 1.165) is 36.4 Å². The maximum Gasteiger partial charge on any atom is 0.233 e. The highest BCUT2D eigenvalue weighted by atomic mass is 16.6. The molecule has 4 rings (SSSR count). The molecule has 0 aliphatic carbocycles. The molecule has 3 aromatic rings. The Kier molecular flexibility index (Phi) is 6.28. The molecule has 1 aliphatic heterocycles. The average Bonchev–Trinajstić information content (AvgIpc) is 3.21. The molecule has 1 amide bonds. The van der Waals surface area contributed by atoms with E-state index in [1.54, 1.807) is 0 Å². The molecule has 0 aromatic heterocycles. The Hall–Kier alpha value is -3.57. The highest BCUT2D eigenvalue weighted by molar-refractivity contribution is 5.91. The lowest BCUT2D eigenvalue weighted by Gasteiger charge is -2.37. The number of likely N-dealkylation sites (tertiary alicyclic amines) is 1. The maximum absolute atomic E-state index is 13.2. The van der Waals surface area contributed by atoms with Gasteiger partial charge in [-0.05, 0) is 23.3 Å². The number of carbonyl (C=O) groups excluding carboxylic acids is 1. The number of quaternary nitrogens is 1. The Morgan fingerprint density at radius 1 is 0.969 bits per heavy atom. The fraction of sp³-hybridized carbons (Fsp3) is 0.222. The molecule has 0 saturated carbocycles. The average molecular weight is 429 g/mol. The summed E-state index contributed by atoms with van der Waals surface area (Å²) >= 11 is 0. The first-order valence-electron chi connectivity index (χ1n) is 10.9. The molecule has 164 valence electrons. The van der Waals surface area contributed by atoms with Crippen LogP contribution in [0.3, 0.4) is 0 Å². The highest BCUT2D eigenvalue weighted by Crippen LogP contribution is 2.45. The quantitative estimate of drug-likeness (QED) is 0.421. The van der Waals surface area contributed by atoms with Crippen LogP contribution in [0.25, 0.3) is 0 Å². The molecular weight excluding hydrogens is 398 g/mol. The molecule has 3 aromatic carbocycles. The molecular formula is C27H30N3O2+. The van der Waals surface area contributed by atoms with E-state index < -0.39 is 5.41 Å². The van der Waals surface area contributed by atoms with Crippen LogP contribution in [-0.2, 0) is 10.2 Å². The lowest BCUT2D eigenvalue weighted by molar-refractivity contribution is -0.848. The molecule has 3 N–H and O–H groups in total. The predicted octanol–water partition coefficient (Wildman–Crippen LogP) is 3.98. The lowest BCUT2D eigenvalue weighted by Crippen LogP contribution is -2.50. The van der Waals surface area contributed by atoms with Crippen molar-refractivity contribution >= 4 is 5.91 Å². The number of nitrogens with two attached hydrogens (primary N) is 1. The summed E-state index contributed by atoms with van der Waals surface area (Å²) in [6, 6.07) is 29.5. The van der Waals surface area contributed by atoms with Gasteiger partial charge in [0.05, 0.1) is 26.3 Å². The minimum absolute atomic E-state index is 0.0643. The van der Waals surface area contributed by atoms with Crippen LogP contribution in [0.2, 0.25) is 0 Å². The van der Waals surface area contributed by atoms with Crippen LogP contribution in [-0.4, -0.2) is 30.5 Å². The molecule has 1 fully saturated rings. The lowest BCUT2D eigenvalue weighted by atomic mass is 9.64. The highest BCUT2D eigenvalue weighted by Gasteiger charge is 2.53. The number of carbonyl (C=O) groups is 1. The number of amides is 1. The molecule has 0 radical (unpaired) electrons. The van der Waals surface area contributed by atoms with Crippen molar-refractivity contribution in [3.63, 3.8) is 0 Å². The zero-order chi connectivity index (χ0) is 22.4. The van der Waals surface area contributed by atoms with Crippen LogP contribution in [0, 0.1) is 5.92 Å². The Morgan fingerprint density at radius 3 is 2.03 bits per heavy atom. The summed E-state index contributed by atoms with van der Waals surface area (Å²) in [7, 11) is 2.17. The van der Waals surface area contributed by atoms with E-state index >= 15 is 0 Å². The van der Waals surface area contributed by atoms with E-state index in [1.165, 1.54) is 0 Å². The molecule has 1 unspecified atom stereocenters. The van der Waals surface area contributed by atoms with Crippen molar-refractivity contribution in [3.05, 3.63) is 115 Å². The summed E-state index contributed by atoms with van der Waals surface area (Å²) < 4.78 is 0.685. The summed E-state index contributed by atoms with van der Waals surface area (Å²) in [5.41, 5.74) is 10.1. The van der Waals surface area contributed by atoms with Crippen LogP contribution >= 0.6 is 0 Å². The number of benzene rings is 3. The first kappa shape index (κ1) is 21.7. The first-order valence-corrected chi connectivity index (χ1v) is 10.9. The van der Waals surface area contributed by atoms with Gasteiger partial charge in [-0.1, -0.05) is 78.9 Å². The number of rotatable bonds is 8. The van der Waals surface area contributed by atoms with E-state index in [0.29, 0.717) is 4.48 Å². The predicted molar refractivity (Wildman–Crippen MR) is 126 cm³/mol. The topological polar surface area (TPSA) is 64.3 Å². The summed E-state index contributed by atoms with van der Waals surface area (Å²) in [5, 5.41) is 0. The van der Waals surface area contributed by atoms with Crippen LogP contribution in [0.1, 0.15) is 17.5 Å². The Bertz CT molecular complexity index is 1010. The van der Waals surface area contributed by atoms with Gasteiger partial charge < -0.3 is 10.6 Å². The van der Waals surface area contributed by atoms with Gasteiger partial charge in [0.2, 0.25) is 5.91 Å². The number of nitrogens with one attached hydrogen (secondary N) is 1. The molecule has 0 spiro atoms. The van der Waals surface area contributed by atoms with E-state index in [2.05, 4.69) is 18.7 Å². The SMILES string of the molecule is C[N@+]1(C=CNOc2ccccc2)CCC(C(C(N)=O)(c2ccccc2)c2ccccc2)C1.